The first kappa shape index (κ1) is 17.8. The molecule has 130 valence electrons. The molecule has 0 spiro atoms. The van der Waals surface area contributed by atoms with Gasteiger partial charge in [0, 0.05) is 6.54 Å². The monoisotopic (exact) mass is 342 g/mol. The number of carbonyl (C=O) groups excluding carboxylic acids is 2. The van der Waals surface area contributed by atoms with E-state index >= 15 is 0 Å². The number of hydrogen-bond donors (Lipinski definition) is 2. The van der Waals surface area contributed by atoms with E-state index in [4.69, 9.17) is 0 Å². The number of unbranched alkanes of at least 4 members (excludes halogenated alkanes) is 1. The number of imide groups is 1. The third kappa shape index (κ3) is 4.24. The summed E-state index contributed by atoms with van der Waals surface area (Å²) in [4.78, 5) is 26.9. The number of urea groups is 1. The van der Waals surface area contributed by atoms with E-state index in [1.165, 1.54) is 12.1 Å². The van der Waals surface area contributed by atoms with Gasteiger partial charge in [-0.15, -0.1) is 0 Å². The molecule has 2 aromatic rings. The second-order valence-corrected chi connectivity index (χ2v) is 5.17. The van der Waals surface area contributed by atoms with E-state index in [1.54, 1.807) is 12.1 Å². The van der Waals surface area contributed by atoms with Crippen molar-refractivity contribution in [1.29, 1.82) is 0 Å². The van der Waals surface area contributed by atoms with E-state index in [-0.39, 0.29) is 11.0 Å². The third-order valence-corrected chi connectivity index (χ3v) is 3.28. The predicted molar refractivity (Wildman–Crippen MR) is 81.2 cm³/mol. The Balaban J connectivity index is 2.16. The fraction of sp³-hybridized carbons (Fsp3) is 0.400. The molecular weight excluding hydrogens is 325 g/mol. The summed E-state index contributed by atoms with van der Waals surface area (Å²) in [6.07, 6.45) is -3.10. The van der Waals surface area contributed by atoms with E-state index in [2.05, 4.69) is 10.3 Å². The van der Waals surface area contributed by atoms with Crippen LogP contribution in [-0.4, -0.2) is 28.0 Å². The average molecular weight is 342 g/mol. The van der Waals surface area contributed by atoms with Gasteiger partial charge >= 0.3 is 12.2 Å². The molecule has 0 saturated carbocycles. The number of nitrogens with zero attached hydrogens (tertiary/aromatic N) is 2. The van der Waals surface area contributed by atoms with Gasteiger partial charge in [-0.3, -0.25) is 10.1 Å². The lowest BCUT2D eigenvalue weighted by Crippen LogP contribution is -2.41. The fourth-order valence-electron chi connectivity index (χ4n) is 2.18. The first-order valence-corrected chi connectivity index (χ1v) is 7.43. The zero-order valence-electron chi connectivity index (χ0n) is 13.0. The maximum absolute atomic E-state index is 13.1. The van der Waals surface area contributed by atoms with Crippen molar-refractivity contribution in [3.05, 3.63) is 30.1 Å². The minimum atomic E-state index is -4.71. The van der Waals surface area contributed by atoms with Gasteiger partial charge in [-0.1, -0.05) is 25.5 Å². The Labute approximate surface area is 136 Å². The summed E-state index contributed by atoms with van der Waals surface area (Å²) in [5, 5.41) is 4.47. The maximum Gasteiger partial charge on any atom is 0.449 e. The number of benzene rings is 1. The summed E-state index contributed by atoms with van der Waals surface area (Å²) >= 11 is 0. The number of alkyl halides is 3. The number of amides is 3. The third-order valence-electron chi connectivity index (χ3n) is 3.28. The summed E-state index contributed by atoms with van der Waals surface area (Å²) in [5.41, 5.74) is 0.302. The molecule has 0 atom stereocenters. The van der Waals surface area contributed by atoms with Crippen LogP contribution in [0.1, 0.15) is 25.6 Å². The molecule has 0 fully saturated rings. The van der Waals surface area contributed by atoms with Crippen molar-refractivity contribution < 1.29 is 22.8 Å². The molecule has 1 aromatic carbocycles. The van der Waals surface area contributed by atoms with Crippen LogP contribution in [0, 0.1) is 0 Å². The number of halogens is 3. The highest BCUT2D eigenvalue weighted by Gasteiger charge is 2.38. The number of fused-ring (bicyclic) bond motifs is 1. The molecule has 0 aliphatic rings. The van der Waals surface area contributed by atoms with Crippen molar-refractivity contribution in [1.82, 2.24) is 20.2 Å². The van der Waals surface area contributed by atoms with Gasteiger partial charge in [0.05, 0.1) is 11.0 Å². The highest BCUT2D eigenvalue weighted by atomic mass is 19.4. The molecule has 0 bridgehead atoms. The smallest absolute Gasteiger partial charge is 0.338 e. The lowest BCUT2D eigenvalue weighted by atomic mass is 10.3. The van der Waals surface area contributed by atoms with Crippen molar-refractivity contribution >= 4 is 23.0 Å². The van der Waals surface area contributed by atoms with E-state index < -0.39 is 30.5 Å². The molecule has 0 aliphatic heterocycles. The zero-order chi connectivity index (χ0) is 17.7. The molecule has 0 aliphatic carbocycles. The standard InChI is InChI=1S/C15H17F3N4O2/c1-2-3-8-19-14(24)21-12(23)9-22-11-7-5-4-6-10(11)20-13(22)15(16,17)18/h4-7H,2-3,8-9H2,1H3,(H2,19,21,23,24). The van der Waals surface area contributed by atoms with E-state index in [1.807, 2.05) is 12.2 Å². The molecule has 3 amide bonds. The maximum atomic E-state index is 13.1. The number of para-hydroxylation sites is 2. The zero-order valence-corrected chi connectivity index (χ0v) is 13.0. The Morgan fingerprint density at radius 2 is 1.96 bits per heavy atom. The van der Waals surface area contributed by atoms with Crippen molar-refractivity contribution in [3.63, 3.8) is 0 Å². The Morgan fingerprint density at radius 1 is 1.25 bits per heavy atom. The predicted octanol–water partition coefficient (Wildman–Crippen LogP) is 2.68. The quantitative estimate of drug-likeness (QED) is 0.820. The number of imidazole rings is 1. The minimum Gasteiger partial charge on any atom is -0.338 e. The van der Waals surface area contributed by atoms with E-state index in [0.29, 0.717) is 6.54 Å². The number of carbonyl (C=O) groups is 2. The van der Waals surface area contributed by atoms with Gasteiger partial charge in [0.15, 0.2) is 0 Å². The van der Waals surface area contributed by atoms with Crippen molar-refractivity contribution in [2.45, 2.75) is 32.5 Å². The normalized spacial score (nSPS) is 11.5. The SMILES string of the molecule is CCCCNC(=O)NC(=O)Cn1c(C(F)(F)F)nc2ccccc21. The molecule has 0 saturated heterocycles. The number of hydrogen-bond acceptors (Lipinski definition) is 3. The molecule has 0 unspecified atom stereocenters. The lowest BCUT2D eigenvalue weighted by Gasteiger charge is -2.11. The Hall–Kier alpha value is -2.58. The molecule has 6 nitrogen and oxygen atoms in total. The molecule has 1 aromatic heterocycles. The van der Waals surface area contributed by atoms with Crippen molar-refractivity contribution in [2.75, 3.05) is 6.54 Å². The van der Waals surface area contributed by atoms with Crippen LogP contribution in [0.4, 0.5) is 18.0 Å². The van der Waals surface area contributed by atoms with Crippen molar-refractivity contribution in [2.24, 2.45) is 0 Å². The number of aromatic nitrogens is 2. The molecular formula is C15H17F3N4O2. The second kappa shape index (κ2) is 7.33. The molecule has 9 heteroatoms. The molecule has 2 rings (SSSR count). The Kier molecular flexibility index (Phi) is 5.42. The van der Waals surface area contributed by atoms with Crippen LogP contribution in [0.15, 0.2) is 24.3 Å². The largest absolute Gasteiger partial charge is 0.449 e. The van der Waals surface area contributed by atoms with Crippen LogP contribution in [0.25, 0.3) is 11.0 Å². The van der Waals surface area contributed by atoms with Crippen LogP contribution in [0.3, 0.4) is 0 Å². The summed E-state index contributed by atoms with van der Waals surface area (Å²) in [6.45, 7) is 1.67. The highest BCUT2D eigenvalue weighted by Crippen LogP contribution is 2.31. The summed E-state index contributed by atoms with van der Waals surface area (Å²) in [7, 11) is 0. The van der Waals surface area contributed by atoms with E-state index in [0.717, 1.165) is 17.4 Å². The van der Waals surface area contributed by atoms with Gasteiger partial charge < -0.3 is 9.88 Å². The first-order valence-electron chi connectivity index (χ1n) is 7.43. The van der Waals surface area contributed by atoms with Gasteiger partial charge in [0.1, 0.15) is 6.54 Å². The Morgan fingerprint density at radius 3 is 2.62 bits per heavy atom. The van der Waals surface area contributed by atoms with Gasteiger partial charge in [-0.25, -0.2) is 9.78 Å². The van der Waals surface area contributed by atoms with Crippen LogP contribution >= 0.6 is 0 Å². The Bertz CT molecular complexity index is 740. The van der Waals surface area contributed by atoms with E-state index in [9.17, 15) is 22.8 Å². The molecule has 1 heterocycles. The topological polar surface area (TPSA) is 76.0 Å². The summed E-state index contributed by atoms with van der Waals surface area (Å²) in [6, 6.07) is 5.24. The number of rotatable bonds is 5. The fourth-order valence-corrected chi connectivity index (χ4v) is 2.18. The van der Waals surface area contributed by atoms with Crippen molar-refractivity contribution in [3.8, 4) is 0 Å². The van der Waals surface area contributed by atoms with Gasteiger partial charge in [0.25, 0.3) is 0 Å². The minimum absolute atomic E-state index is 0.130. The van der Waals surface area contributed by atoms with Crippen LogP contribution in [0.5, 0.6) is 0 Å². The average Bonchev–Trinajstić information content (AvgIpc) is 2.86. The molecule has 2 N–H and O–H groups in total. The van der Waals surface area contributed by atoms with Gasteiger partial charge in [-0.05, 0) is 18.6 Å². The highest BCUT2D eigenvalue weighted by molar-refractivity contribution is 5.94. The van der Waals surface area contributed by atoms with Gasteiger partial charge in [0.2, 0.25) is 11.7 Å². The van der Waals surface area contributed by atoms with Gasteiger partial charge in [-0.2, -0.15) is 13.2 Å². The summed E-state index contributed by atoms with van der Waals surface area (Å²) < 4.78 is 40.1. The van der Waals surface area contributed by atoms with Crippen LogP contribution in [-0.2, 0) is 17.5 Å². The first-order chi connectivity index (χ1) is 11.3. The molecule has 0 radical (unpaired) electrons. The van der Waals surface area contributed by atoms with Crippen LogP contribution in [0.2, 0.25) is 0 Å². The van der Waals surface area contributed by atoms with Crippen LogP contribution < -0.4 is 10.6 Å². The number of nitrogens with one attached hydrogen (secondary N) is 2. The lowest BCUT2D eigenvalue weighted by molar-refractivity contribution is -0.147. The molecule has 24 heavy (non-hydrogen) atoms. The second-order valence-electron chi connectivity index (χ2n) is 5.17. The summed E-state index contributed by atoms with van der Waals surface area (Å²) in [5.74, 6) is -2.03.